The van der Waals surface area contributed by atoms with Crippen LogP contribution < -0.4 is 14.2 Å². The van der Waals surface area contributed by atoms with Crippen LogP contribution in [-0.4, -0.2) is 36.1 Å². The van der Waals surface area contributed by atoms with Crippen molar-refractivity contribution in [1.29, 1.82) is 0 Å². The van der Waals surface area contributed by atoms with Gasteiger partial charge in [-0.15, -0.1) is 0 Å². The van der Waals surface area contributed by atoms with Gasteiger partial charge in [-0.3, -0.25) is 9.59 Å². The molecule has 2 aromatic carbocycles. The molecular formula is C28H29NO6. The first-order valence-corrected chi connectivity index (χ1v) is 12.5. The molecule has 182 valence electrons. The van der Waals surface area contributed by atoms with Gasteiger partial charge >= 0.3 is 0 Å². The Kier molecular flexibility index (Phi) is 5.63. The van der Waals surface area contributed by atoms with E-state index in [-0.39, 0.29) is 36.3 Å². The monoisotopic (exact) mass is 475 g/mol. The van der Waals surface area contributed by atoms with Gasteiger partial charge in [-0.2, -0.15) is 0 Å². The summed E-state index contributed by atoms with van der Waals surface area (Å²) in [4.78, 5) is 29.3. The van der Waals surface area contributed by atoms with Crippen LogP contribution in [0.1, 0.15) is 56.2 Å². The number of carbonyl (C=O) groups is 2. The summed E-state index contributed by atoms with van der Waals surface area (Å²) < 4.78 is 23.1. The molecule has 3 aliphatic heterocycles. The number of rotatable bonds is 6. The highest BCUT2D eigenvalue weighted by Crippen LogP contribution is 2.48. The molecule has 6 rings (SSSR count). The van der Waals surface area contributed by atoms with Gasteiger partial charge in [-0.05, 0) is 61.1 Å². The fourth-order valence-corrected chi connectivity index (χ4v) is 5.63. The summed E-state index contributed by atoms with van der Waals surface area (Å²) in [7, 11) is 0. The van der Waals surface area contributed by atoms with Gasteiger partial charge in [0.15, 0.2) is 23.0 Å². The van der Waals surface area contributed by atoms with Crippen LogP contribution in [0.5, 0.6) is 17.2 Å². The Morgan fingerprint density at radius 3 is 2.77 bits per heavy atom. The lowest BCUT2D eigenvalue weighted by Crippen LogP contribution is -2.39. The molecule has 0 bridgehead atoms. The normalized spacial score (nSPS) is 24.8. The summed E-state index contributed by atoms with van der Waals surface area (Å²) in [5, 5.41) is 0. The molecule has 4 aliphatic rings. The number of benzene rings is 2. The number of hydrogen-bond donors (Lipinski definition) is 0. The lowest BCUT2D eigenvalue weighted by molar-refractivity contribution is -0.135. The maximum Gasteiger partial charge on any atom is 0.290 e. The molecule has 0 saturated heterocycles. The number of carbonyl (C=O) groups excluding carboxylic acids is 2. The van der Waals surface area contributed by atoms with Gasteiger partial charge in [0.2, 0.25) is 6.79 Å². The van der Waals surface area contributed by atoms with Crippen molar-refractivity contribution in [3.63, 3.8) is 0 Å². The molecule has 7 heteroatoms. The van der Waals surface area contributed by atoms with E-state index >= 15 is 0 Å². The van der Waals surface area contributed by atoms with Crippen molar-refractivity contribution >= 4 is 11.7 Å². The van der Waals surface area contributed by atoms with E-state index in [9.17, 15) is 9.59 Å². The molecule has 7 nitrogen and oxygen atoms in total. The van der Waals surface area contributed by atoms with Crippen molar-refractivity contribution < 1.29 is 28.5 Å². The number of ketones is 1. The second-order valence-corrected chi connectivity index (χ2v) is 9.60. The summed E-state index contributed by atoms with van der Waals surface area (Å²) in [5.41, 5.74) is 2.24. The van der Waals surface area contributed by atoms with E-state index in [0.717, 1.165) is 49.0 Å². The predicted molar refractivity (Wildman–Crippen MR) is 127 cm³/mol. The van der Waals surface area contributed by atoms with Crippen molar-refractivity contribution in [2.45, 2.75) is 57.7 Å². The van der Waals surface area contributed by atoms with E-state index in [2.05, 4.69) is 6.92 Å². The molecule has 1 amide bonds. The molecule has 1 fully saturated rings. The number of hydrogen-bond acceptors (Lipinski definition) is 6. The molecule has 0 spiro atoms. The van der Waals surface area contributed by atoms with Crippen LogP contribution >= 0.6 is 0 Å². The van der Waals surface area contributed by atoms with Crippen molar-refractivity contribution in [1.82, 2.24) is 4.90 Å². The average Bonchev–Trinajstić information content (AvgIpc) is 3.46. The third-order valence-corrected chi connectivity index (χ3v) is 7.30. The van der Waals surface area contributed by atoms with Crippen molar-refractivity contribution in [3.8, 4) is 17.2 Å². The Balaban J connectivity index is 1.39. The maximum absolute atomic E-state index is 13.8. The highest BCUT2D eigenvalue weighted by atomic mass is 16.7. The van der Waals surface area contributed by atoms with Crippen molar-refractivity contribution in [2.24, 2.45) is 5.92 Å². The minimum Gasteiger partial charge on any atom is -0.494 e. The summed E-state index contributed by atoms with van der Waals surface area (Å²) >= 11 is 0. The standard InChI is InChI=1S/C28H29NO6/c1-2-12-32-19-7-5-6-18(14-19)25-24-26(30)20-8-3-4-9-21(20)35-27(24)28(31)29(25)15-17-10-11-22-23(13-17)34-16-33-22/h5-7,10-11,13-14,20-21,25H,2-4,8-9,12,15-16H2,1H3. The fraction of sp³-hybridized carbons (Fsp3) is 0.429. The van der Waals surface area contributed by atoms with E-state index in [0.29, 0.717) is 30.2 Å². The van der Waals surface area contributed by atoms with E-state index in [1.165, 1.54) is 0 Å². The first-order chi connectivity index (χ1) is 17.1. The molecule has 0 aromatic heterocycles. The van der Waals surface area contributed by atoms with Crippen molar-refractivity contribution in [2.75, 3.05) is 13.4 Å². The lowest BCUT2D eigenvalue weighted by Gasteiger charge is -2.35. The van der Waals surface area contributed by atoms with Crippen LogP contribution in [0.2, 0.25) is 0 Å². The zero-order valence-electron chi connectivity index (χ0n) is 19.8. The second kappa shape index (κ2) is 8.95. The SMILES string of the molecule is CCCOc1cccc(C2C3=C(OC4CCCCC4C3=O)C(=O)N2Cc2ccc3c(c2)OCO3)c1. The van der Waals surface area contributed by atoms with Crippen molar-refractivity contribution in [3.05, 3.63) is 64.9 Å². The summed E-state index contributed by atoms with van der Waals surface area (Å²) in [6, 6.07) is 12.9. The summed E-state index contributed by atoms with van der Waals surface area (Å²) in [6.07, 6.45) is 4.35. The Hall–Kier alpha value is -3.48. The predicted octanol–water partition coefficient (Wildman–Crippen LogP) is 4.70. The third-order valence-electron chi connectivity index (χ3n) is 7.30. The molecule has 2 aromatic rings. The summed E-state index contributed by atoms with van der Waals surface area (Å²) in [6.45, 7) is 3.17. The van der Waals surface area contributed by atoms with Gasteiger partial charge in [0, 0.05) is 6.54 Å². The molecule has 35 heavy (non-hydrogen) atoms. The summed E-state index contributed by atoms with van der Waals surface area (Å²) in [5.74, 6) is 1.96. The van der Waals surface area contributed by atoms with Crippen LogP contribution in [0.25, 0.3) is 0 Å². The highest BCUT2D eigenvalue weighted by Gasteiger charge is 2.52. The minimum absolute atomic E-state index is 0.0577. The molecule has 1 saturated carbocycles. The lowest BCUT2D eigenvalue weighted by atomic mass is 9.77. The molecule has 0 N–H and O–H groups in total. The molecule has 1 aliphatic carbocycles. The first kappa shape index (κ1) is 22.0. The number of amides is 1. The Morgan fingerprint density at radius 1 is 1.03 bits per heavy atom. The van der Waals surface area contributed by atoms with E-state index in [4.69, 9.17) is 18.9 Å². The smallest absolute Gasteiger partial charge is 0.290 e. The van der Waals surface area contributed by atoms with Gasteiger partial charge in [-0.1, -0.05) is 31.5 Å². The Morgan fingerprint density at radius 2 is 1.89 bits per heavy atom. The van der Waals surface area contributed by atoms with Gasteiger partial charge in [0.25, 0.3) is 5.91 Å². The van der Waals surface area contributed by atoms with Crippen LogP contribution in [0.15, 0.2) is 53.8 Å². The van der Waals surface area contributed by atoms with Crippen LogP contribution in [0, 0.1) is 5.92 Å². The van der Waals surface area contributed by atoms with E-state index in [1.807, 2.05) is 42.5 Å². The van der Waals surface area contributed by atoms with Gasteiger partial charge in [0.1, 0.15) is 11.9 Å². The second-order valence-electron chi connectivity index (χ2n) is 9.60. The number of ether oxygens (including phenoxy) is 4. The largest absolute Gasteiger partial charge is 0.494 e. The Labute approximate surface area is 204 Å². The molecule has 3 atom stereocenters. The number of fused-ring (bicyclic) bond motifs is 2. The minimum atomic E-state index is -0.525. The zero-order chi connectivity index (χ0) is 23.9. The van der Waals surface area contributed by atoms with Crippen LogP contribution in [0.4, 0.5) is 0 Å². The number of Topliss-reactive ketones (excluding diaryl/α,β-unsaturated/α-hetero) is 1. The fourth-order valence-electron chi connectivity index (χ4n) is 5.63. The van der Waals surface area contributed by atoms with Gasteiger partial charge in [-0.25, -0.2) is 0 Å². The molecule has 3 heterocycles. The van der Waals surface area contributed by atoms with Crippen LogP contribution in [-0.2, 0) is 20.9 Å². The first-order valence-electron chi connectivity index (χ1n) is 12.5. The average molecular weight is 476 g/mol. The highest BCUT2D eigenvalue weighted by molar-refractivity contribution is 6.11. The quantitative estimate of drug-likeness (QED) is 0.603. The van der Waals surface area contributed by atoms with Crippen LogP contribution in [0.3, 0.4) is 0 Å². The van der Waals surface area contributed by atoms with E-state index < -0.39 is 6.04 Å². The third kappa shape index (κ3) is 3.83. The molecule has 3 unspecified atom stereocenters. The van der Waals surface area contributed by atoms with Gasteiger partial charge < -0.3 is 23.8 Å². The molecular weight excluding hydrogens is 446 g/mol. The molecule has 0 radical (unpaired) electrons. The Bertz CT molecular complexity index is 1200. The van der Waals surface area contributed by atoms with Gasteiger partial charge in [0.05, 0.1) is 24.1 Å². The van der Waals surface area contributed by atoms with E-state index in [1.54, 1.807) is 4.90 Å². The maximum atomic E-state index is 13.8. The number of nitrogens with zero attached hydrogens (tertiary/aromatic N) is 1. The topological polar surface area (TPSA) is 74.3 Å². The zero-order valence-corrected chi connectivity index (χ0v) is 19.8.